The van der Waals surface area contributed by atoms with Crippen LogP contribution in [0.2, 0.25) is 0 Å². The third kappa shape index (κ3) is 3.75. The van der Waals surface area contributed by atoms with Crippen LogP contribution in [-0.4, -0.2) is 41.1 Å². The molecule has 126 valence electrons. The molecule has 23 heavy (non-hydrogen) atoms. The van der Waals surface area contributed by atoms with Crippen molar-refractivity contribution in [2.75, 3.05) is 13.1 Å². The number of nitrogens with zero attached hydrogens (tertiary/aromatic N) is 1. The molecule has 1 heterocycles. The molecule has 0 bridgehead atoms. The Kier molecular flexibility index (Phi) is 5.02. The maximum atomic E-state index is 12.6. The van der Waals surface area contributed by atoms with E-state index in [1.807, 2.05) is 25.1 Å². The molecule has 1 aliphatic heterocycles. The van der Waals surface area contributed by atoms with Crippen LogP contribution in [0.5, 0.6) is 0 Å². The number of hydrogen-bond donors (Lipinski definition) is 2. The molecule has 0 aromatic heterocycles. The molecular formula is C19H28N2O2. The van der Waals surface area contributed by atoms with Crippen LogP contribution < -0.4 is 5.32 Å². The second-order valence-electron chi connectivity index (χ2n) is 7.20. The van der Waals surface area contributed by atoms with E-state index in [4.69, 9.17) is 0 Å². The van der Waals surface area contributed by atoms with Crippen molar-refractivity contribution in [2.24, 2.45) is 0 Å². The van der Waals surface area contributed by atoms with Crippen molar-refractivity contribution < 1.29 is 9.90 Å². The van der Waals surface area contributed by atoms with Gasteiger partial charge in [0.15, 0.2) is 0 Å². The molecule has 2 aliphatic rings. The number of hydrogen-bond acceptors (Lipinski definition) is 3. The van der Waals surface area contributed by atoms with E-state index in [1.165, 1.54) is 12.0 Å². The largest absolute Gasteiger partial charge is 0.393 e. The predicted molar refractivity (Wildman–Crippen MR) is 91.0 cm³/mol. The van der Waals surface area contributed by atoms with Gasteiger partial charge in [-0.3, -0.25) is 9.69 Å². The summed E-state index contributed by atoms with van der Waals surface area (Å²) < 4.78 is 0. The zero-order valence-corrected chi connectivity index (χ0v) is 14.0. The molecule has 1 saturated heterocycles. The van der Waals surface area contributed by atoms with Crippen molar-refractivity contribution in [3.8, 4) is 0 Å². The van der Waals surface area contributed by atoms with Crippen LogP contribution in [-0.2, 0) is 10.3 Å². The minimum absolute atomic E-state index is 0.117. The van der Waals surface area contributed by atoms with Crippen molar-refractivity contribution in [2.45, 2.75) is 63.1 Å². The highest BCUT2D eigenvalue weighted by molar-refractivity contribution is 5.79. The number of likely N-dealkylation sites (tertiary alicyclic amines) is 1. The monoisotopic (exact) mass is 316 g/mol. The van der Waals surface area contributed by atoms with Gasteiger partial charge in [0.1, 0.15) is 0 Å². The zero-order valence-electron chi connectivity index (χ0n) is 14.0. The summed E-state index contributed by atoms with van der Waals surface area (Å²) >= 11 is 0. The van der Waals surface area contributed by atoms with Crippen LogP contribution in [0.4, 0.5) is 0 Å². The van der Waals surface area contributed by atoms with E-state index in [9.17, 15) is 9.90 Å². The molecule has 0 radical (unpaired) electrons. The van der Waals surface area contributed by atoms with Gasteiger partial charge in [0, 0.05) is 6.04 Å². The van der Waals surface area contributed by atoms with E-state index < -0.39 is 0 Å². The van der Waals surface area contributed by atoms with Gasteiger partial charge in [0.05, 0.1) is 18.2 Å². The number of carbonyl (C=O) groups excluding carboxylic acids is 1. The lowest BCUT2D eigenvalue weighted by Gasteiger charge is -2.43. The lowest BCUT2D eigenvalue weighted by molar-refractivity contribution is -0.125. The van der Waals surface area contributed by atoms with E-state index in [0.29, 0.717) is 12.6 Å². The topological polar surface area (TPSA) is 52.6 Å². The molecule has 4 nitrogen and oxygen atoms in total. The van der Waals surface area contributed by atoms with Crippen molar-refractivity contribution in [3.05, 3.63) is 35.9 Å². The van der Waals surface area contributed by atoms with Crippen molar-refractivity contribution in [3.63, 3.8) is 0 Å². The van der Waals surface area contributed by atoms with Crippen LogP contribution >= 0.6 is 0 Å². The minimum Gasteiger partial charge on any atom is -0.393 e. The lowest BCUT2D eigenvalue weighted by Crippen LogP contribution is -2.53. The molecule has 1 saturated carbocycles. The van der Waals surface area contributed by atoms with Gasteiger partial charge in [-0.25, -0.2) is 0 Å². The molecule has 1 aromatic carbocycles. The molecule has 3 rings (SSSR count). The first-order valence-electron chi connectivity index (χ1n) is 8.88. The van der Waals surface area contributed by atoms with Crippen LogP contribution in [0.3, 0.4) is 0 Å². The van der Waals surface area contributed by atoms with Crippen LogP contribution in [0.15, 0.2) is 30.3 Å². The molecular weight excluding hydrogens is 288 g/mol. The molecule has 2 N–H and O–H groups in total. The summed E-state index contributed by atoms with van der Waals surface area (Å²) in [5.74, 6) is 0.117. The first-order chi connectivity index (χ1) is 11.1. The SMILES string of the molecule is CC(O)CC1CCCN1CC(=O)NC1(c2ccccc2)CCC1. The Morgan fingerprint density at radius 3 is 2.70 bits per heavy atom. The van der Waals surface area contributed by atoms with Crippen molar-refractivity contribution in [1.82, 2.24) is 10.2 Å². The standard InChI is InChI=1S/C19H28N2O2/c1-15(22)13-17-9-5-12-21(17)14-18(23)20-19(10-6-11-19)16-7-3-2-4-8-16/h2-4,7-8,15,17,22H,5-6,9-14H2,1H3,(H,20,23). The number of aliphatic hydroxyl groups excluding tert-OH is 1. The number of aliphatic hydroxyl groups is 1. The van der Waals surface area contributed by atoms with Gasteiger partial charge in [-0.1, -0.05) is 30.3 Å². The summed E-state index contributed by atoms with van der Waals surface area (Å²) in [4.78, 5) is 14.8. The normalized spacial score (nSPS) is 24.9. The summed E-state index contributed by atoms with van der Waals surface area (Å²) in [5.41, 5.74) is 1.07. The van der Waals surface area contributed by atoms with Crippen LogP contribution in [0, 0.1) is 0 Å². The number of benzene rings is 1. The number of nitrogens with one attached hydrogen (secondary N) is 1. The quantitative estimate of drug-likeness (QED) is 0.847. The molecule has 1 amide bonds. The zero-order chi connectivity index (χ0) is 16.3. The minimum atomic E-state index is -0.300. The molecule has 4 heteroatoms. The summed E-state index contributed by atoms with van der Waals surface area (Å²) in [6.45, 7) is 3.24. The van der Waals surface area contributed by atoms with E-state index in [-0.39, 0.29) is 17.6 Å². The Hall–Kier alpha value is -1.39. The van der Waals surface area contributed by atoms with Gasteiger partial charge in [-0.05, 0) is 57.6 Å². The maximum absolute atomic E-state index is 12.6. The first-order valence-corrected chi connectivity index (χ1v) is 8.88. The summed E-state index contributed by atoms with van der Waals surface area (Å²) in [6.07, 6.45) is 5.89. The smallest absolute Gasteiger partial charge is 0.234 e. The molecule has 2 unspecified atom stereocenters. The Bertz CT molecular complexity index is 525. The lowest BCUT2D eigenvalue weighted by atomic mass is 9.72. The molecule has 2 fully saturated rings. The Labute approximate surface area is 138 Å². The molecule has 1 aromatic rings. The van der Waals surface area contributed by atoms with E-state index in [2.05, 4.69) is 22.3 Å². The fourth-order valence-corrected chi connectivity index (χ4v) is 4.03. The van der Waals surface area contributed by atoms with Gasteiger partial charge in [0.25, 0.3) is 0 Å². The average molecular weight is 316 g/mol. The second-order valence-corrected chi connectivity index (χ2v) is 7.20. The Balaban J connectivity index is 1.60. The molecule has 1 aliphatic carbocycles. The van der Waals surface area contributed by atoms with Gasteiger partial charge in [-0.15, -0.1) is 0 Å². The molecule has 2 atom stereocenters. The fourth-order valence-electron chi connectivity index (χ4n) is 4.03. The van der Waals surface area contributed by atoms with E-state index in [0.717, 1.165) is 38.6 Å². The first kappa shape index (κ1) is 16.5. The van der Waals surface area contributed by atoms with Crippen LogP contribution in [0.25, 0.3) is 0 Å². The Morgan fingerprint density at radius 2 is 2.09 bits per heavy atom. The third-order valence-electron chi connectivity index (χ3n) is 5.37. The summed E-state index contributed by atoms with van der Waals surface area (Å²) in [7, 11) is 0. The van der Waals surface area contributed by atoms with Crippen LogP contribution in [0.1, 0.15) is 51.0 Å². The van der Waals surface area contributed by atoms with E-state index >= 15 is 0 Å². The average Bonchev–Trinajstić information content (AvgIpc) is 2.90. The second kappa shape index (κ2) is 7.02. The van der Waals surface area contributed by atoms with Gasteiger partial charge < -0.3 is 10.4 Å². The fraction of sp³-hybridized carbons (Fsp3) is 0.632. The molecule has 0 spiro atoms. The van der Waals surface area contributed by atoms with Crippen molar-refractivity contribution >= 4 is 5.91 Å². The third-order valence-corrected chi connectivity index (χ3v) is 5.37. The van der Waals surface area contributed by atoms with E-state index in [1.54, 1.807) is 0 Å². The number of rotatable bonds is 6. The number of carbonyl (C=O) groups is 1. The maximum Gasteiger partial charge on any atom is 0.234 e. The highest BCUT2D eigenvalue weighted by Gasteiger charge is 2.40. The summed E-state index contributed by atoms with van der Waals surface area (Å²) in [6, 6.07) is 10.7. The predicted octanol–water partition coefficient (Wildman–Crippen LogP) is 2.42. The Morgan fingerprint density at radius 1 is 1.35 bits per heavy atom. The highest BCUT2D eigenvalue weighted by Crippen LogP contribution is 2.41. The summed E-state index contributed by atoms with van der Waals surface area (Å²) in [5, 5.41) is 12.9. The number of amides is 1. The van der Waals surface area contributed by atoms with Crippen molar-refractivity contribution in [1.29, 1.82) is 0 Å². The van der Waals surface area contributed by atoms with Gasteiger partial charge in [0.2, 0.25) is 5.91 Å². The van der Waals surface area contributed by atoms with Gasteiger partial charge in [-0.2, -0.15) is 0 Å². The highest BCUT2D eigenvalue weighted by atomic mass is 16.3. The van der Waals surface area contributed by atoms with Gasteiger partial charge >= 0.3 is 0 Å².